The summed E-state index contributed by atoms with van der Waals surface area (Å²) in [5.74, 6) is -5.31. The molecular weight excluding hydrogens is 582 g/mol. The second kappa shape index (κ2) is 14.4. The molecule has 3 rings (SSSR count). The first-order valence-corrected chi connectivity index (χ1v) is 12.8. The minimum absolute atomic E-state index is 0. The second-order valence-electron chi connectivity index (χ2n) is 10.2. The first-order chi connectivity index (χ1) is 19.7. The Labute approximate surface area is 254 Å². The van der Waals surface area contributed by atoms with Crippen molar-refractivity contribution in [2.75, 3.05) is 0 Å². The lowest BCUT2D eigenvalue weighted by molar-refractivity contribution is -0.155. The van der Waals surface area contributed by atoms with Gasteiger partial charge in [-0.2, -0.15) is 0 Å². The van der Waals surface area contributed by atoms with E-state index >= 15 is 0 Å². The number of halogens is 1. The average molecular weight is 614 g/mol. The highest BCUT2D eigenvalue weighted by Crippen LogP contribution is 2.32. The molecule has 3 N–H and O–H groups in total. The van der Waals surface area contributed by atoms with Gasteiger partial charge in [0, 0.05) is 0 Å². The molecule has 0 unspecified atom stereocenters. The van der Waals surface area contributed by atoms with E-state index in [9.17, 15) is 29.1 Å². The van der Waals surface area contributed by atoms with Crippen molar-refractivity contribution < 1.29 is 48.0 Å². The Morgan fingerprint density at radius 3 is 1.53 bits per heavy atom. The Kier molecular flexibility index (Phi) is 11.6. The number of ether oxygens (including phenoxy) is 4. The van der Waals surface area contributed by atoms with Gasteiger partial charge in [0.25, 0.3) is 0 Å². The molecule has 0 saturated heterocycles. The van der Waals surface area contributed by atoms with Crippen molar-refractivity contribution >= 4 is 42.3 Å². The SMILES string of the molecule is CC(C)(OC(=O)c1ccccc1)C(=O)Oc1ccc(C[C@H](N)C(=O)O)cc1OC(=O)C(C)(C)OC(=O)c1ccccc1.Cl. The van der Waals surface area contributed by atoms with Crippen LogP contribution in [0.15, 0.2) is 78.9 Å². The van der Waals surface area contributed by atoms with E-state index < -0.39 is 47.1 Å². The number of hydrogen-bond donors (Lipinski definition) is 2. The molecule has 3 aromatic carbocycles. The predicted molar refractivity (Wildman–Crippen MR) is 156 cm³/mol. The second-order valence-corrected chi connectivity index (χ2v) is 10.2. The van der Waals surface area contributed by atoms with E-state index in [0.717, 1.165) is 0 Å². The highest BCUT2D eigenvalue weighted by atomic mass is 35.5. The summed E-state index contributed by atoms with van der Waals surface area (Å²) in [4.78, 5) is 62.6. The van der Waals surface area contributed by atoms with Crippen molar-refractivity contribution in [2.45, 2.75) is 51.4 Å². The number of carbonyl (C=O) groups is 5. The number of carboxylic acid groups (broad SMARTS) is 1. The number of aliphatic carboxylic acids is 1. The lowest BCUT2D eigenvalue weighted by Gasteiger charge is -2.25. The fourth-order valence-corrected chi connectivity index (χ4v) is 3.44. The third-order valence-electron chi connectivity index (χ3n) is 5.88. The van der Waals surface area contributed by atoms with Crippen LogP contribution in [0.5, 0.6) is 11.5 Å². The van der Waals surface area contributed by atoms with Gasteiger partial charge in [-0.25, -0.2) is 19.2 Å². The highest BCUT2D eigenvalue weighted by molar-refractivity contribution is 5.94. The molecule has 0 heterocycles. The maximum absolute atomic E-state index is 13.2. The highest BCUT2D eigenvalue weighted by Gasteiger charge is 2.38. The minimum atomic E-state index is -1.79. The predicted octanol–water partition coefficient (Wildman–Crippen LogP) is 4.14. The van der Waals surface area contributed by atoms with E-state index in [0.29, 0.717) is 5.56 Å². The van der Waals surface area contributed by atoms with Crippen LogP contribution in [0.1, 0.15) is 54.0 Å². The largest absolute Gasteiger partial charge is 0.480 e. The van der Waals surface area contributed by atoms with Crippen LogP contribution >= 0.6 is 12.4 Å². The number of carbonyl (C=O) groups excluding carboxylic acids is 4. The normalized spacial score (nSPS) is 11.7. The van der Waals surface area contributed by atoms with E-state index in [1.54, 1.807) is 36.4 Å². The van der Waals surface area contributed by atoms with Crippen LogP contribution in [-0.2, 0) is 30.3 Å². The van der Waals surface area contributed by atoms with Crippen molar-refractivity contribution in [3.8, 4) is 11.5 Å². The van der Waals surface area contributed by atoms with Crippen LogP contribution in [0.25, 0.3) is 0 Å². The molecule has 0 bridgehead atoms. The Bertz CT molecular complexity index is 1470. The van der Waals surface area contributed by atoms with Gasteiger partial charge in [-0.3, -0.25) is 4.79 Å². The van der Waals surface area contributed by atoms with Crippen LogP contribution in [0.3, 0.4) is 0 Å². The smallest absolute Gasteiger partial charge is 0.355 e. The van der Waals surface area contributed by atoms with Crippen molar-refractivity contribution in [1.29, 1.82) is 0 Å². The van der Waals surface area contributed by atoms with Gasteiger partial charge in [0.1, 0.15) is 6.04 Å². The van der Waals surface area contributed by atoms with Gasteiger partial charge < -0.3 is 29.8 Å². The summed E-state index contributed by atoms with van der Waals surface area (Å²) in [6.07, 6.45) is -0.138. The van der Waals surface area contributed by atoms with Gasteiger partial charge in [0.2, 0.25) is 11.2 Å². The number of hydrogen-bond acceptors (Lipinski definition) is 10. The average Bonchev–Trinajstić information content (AvgIpc) is 2.94. The van der Waals surface area contributed by atoms with Crippen LogP contribution in [0.2, 0.25) is 0 Å². The summed E-state index contributed by atoms with van der Waals surface area (Å²) in [5, 5.41) is 9.19. The third kappa shape index (κ3) is 9.38. The molecule has 11 nitrogen and oxygen atoms in total. The number of esters is 4. The fraction of sp³-hybridized carbons (Fsp3) is 0.258. The molecule has 43 heavy (non-hydrogen) atoms. The van der Waals surface area contributed by atoms with E-state index in [1.165, 1.54) is 70.2 Å². The van der Waals surface area contributed by atoms with Gasteiger partial charge in [-0.1, -0.05) is 42.5 Å². The Balaban J connectivity index is 0.00000645. The van der Waals surface area contributed by atoms with E-state index in [2.05, 4.69) is 0 Å². The van der Waals surface area contributed by atoms with Gasteiger partial charge >= 0.3 is 29.8 Å². The lowest BCUT2D eigenvalue weighted by Crippen LogP contribution is -2.41. The molecule has 228 valence electrons. The quantitative estimate of drug-likeness (QED) is 0.235. The number of rotatable bonds is 11. The topological polar surface area (TPSA) is 169 Å². The molecule has 0 saturated carbocycles. The Morgan fingerprint density at radius 2 is 1.12 bits per heavy atom. The van der Waals surface area contributed by atoms with Gasteiger partial charge in [-0.05, 0) is 76.1 Å². The summed E-state index contributed by atoms with van der Waals surface area (Å²) in [6.45, 7) is 5.29. The monoisotopic (exact) mass is 613 g/mol. The number of carboxylic acids is 1. The fourth-order valence-electron chi connectivity index (χ4n) is 3.44. The lowest BCUT2D eigenvalue weighted by atomic mass is 10.1. The summed E-state index contributed by atoms with van der Waals surface area (Å²) < 4.78 is 21.7. The summed E-state index contributed by atoms with van der Waals surface area (Å²) >= 11 is 0. The van der Waals surface area contributed by atoms with Gasteiger partial charge in [0.05, 0.1) is 11.1 Å². The Morgan fingerprint density at radius 1 is 0.698 bits per heavy atom. The van der Waals surface area contributed by atoms with E-state index in [-0.39, 0.29) is 41.5 Å². The van der Waals surface area contributed by atoms with Crippen LogP contribution in [0, 0.1) is 0 Å². The maximum Gasteiger partial charge on any atom is 0.355 e. The summed E-state index contributed by atoms with van der Waals surface area (Å²) in [6, 6.07) is 18.8. The zero-order valence-electron chi connectivity index (χ0n) is 23.9. The third-order valence-corrected chi connectivity index (χ3v) is 5.88. The van der Waals surface area contributed by atoms with E-state index in [1.807, 2.05) is 0 Å². The van der Waals surface area contributed by atoms with Crippen LogP contribution in [0.4, 0.5) is 0 Å². The molecule has 0 aliphatic carbocycles. The van der Waals surface area contributed by atoms with E-state index in [4.69, 9.17) is 24.7 Å². The molecule has 0 fully saturated rings. The van der Waals surface area contributed by atoms with Crippen LogP contribution in [-0.4, -0.2) is 52.2 Å². The molecule has 3 aromatic rings. The van der Waals surface area contributed by atoms with Crippen molar-refractivity contribution in [2.24, 2.45) is 5.73 Å². The first kappa shape index (κ1) is 34.5. The molecule has 1 atom stereocenters. The van der Waals surface area contributed by atoms with Gasteiger partial charge in [0.15, 0.2) is 11.5 Å². The van der Waals surface area contributed by atoms with Crippen molar-refractivity contribution in [3.05, 3.63) is 95.6 Å². The van der Waals surface area contributed by atoms with Crippen molar-refractivity contribution in [1.82, 2.24) is 0 Å². The molecular formula is C31H32ClNO10. The zero-order valence-corrected chi connectivity index (χ0v) is 24.7. The maximum atomic E-state index is 13.2. The molecule has 0 spiro atoms. The number of benzene rings is 3. The zero-order chi connectivity index (χ0) is 31.1. The van der Waals surface area contributed by atoms with Crippen molar-refractivity contribution in [3.63, 3.8) is 0 Å². The Hall–Kier alpha value is -4.74. The molecule has 12 heteroatoms. The minimum Gasteiger partial charge on any atom is -0.480 e. The van der Waals surface area contributed by atoms with Crippen LogP contribution < -0.4 is 15.2 Å². The first-order valence-electron chi connectivity index (χ1n) is 12.8. The molecule has 0 aliphatic rings. The molecule has 0 aliphatic heterocycles. The standard InChI is InChI=1S/C31H31NO10.ClH/c1-30(2,41-26(35)20-11-7-5-8-12-20)28(37)39-23-16-15-19(17-22(32)25(33)34)18-24(23)40-29(38)31(3,4)42-27(36)21-13-9-6-10-14-21;/h5-16,18,22H,17,32H2,1-4H3,(H,33,34);1H/t22-;/m0./s1. The molecule has 0 amide bonds. The summed E-state index contributed by atoms with van der Waals surface area (Å²) in [5.41, 5.74) is 2.89. The van der Waals surface area contributed by atoms with Gasteiger partial charge in [-0.15, -0.1) is 12.4 Å². The number of nitrogens with two attached hydrogens (primary N) is 1. The summed E-state index contributed by atoms with van der Waals surface area (Å²) in [7, 11) is 0. The molecule has 0 aromatic heterocycles. The molecule has 0 radical (unpaired) electrons.